The van der Waals surface area contributed by atoms with E-state index in [1.807, 2.05) is 60.0 Å². The maximum Gasteiger partial charge on any atom is 0.262 e. The molecule has 0 aliphatic rings. The molecule has 2 aromatic carbocycles. The van der Waals surface area contributed by atoms with Crippen LogP contribution in [0.3, 0.4) is 0 Å². The van der Waals surface area contributed by atoms with E-state index in [9.17, 15) is 4.79 Å². The first kappa shape index (κ1) is 14.5. The summed E-state index contributed by atoms with van der Waals surface area (Å²) >= 11 is 1.46. The lowest BCUT2D eigenvalue weighted by atomic mass is 9.95. The molecular formula is C19H17NOS. The molecule has 1 N–H and O–H groups in total. The summed E-state index contributed by atoms with van der Waals surface area (Å²) in [6.07, 6.45) is 0. The Hall–Kier alpha value is -2.39. The van der Waals surface area contributed by atoms with E-state index in [0.29, 0.717) is 0 Å². The van der Waals surface area contributed by atoms with Crippen molar-refractivity contribution in [2.75, 3.05) is 0 Å². The van der Waals surface area contributed by atoms with Gasteiger partial charge in [0.2, 0.25) is 0 Å². The van der Waals surface area contributed by atoms with Gasteiger partial charge in [-0.05, 0) is 35.1 Å². The predicted octanol–water partition coefficient (Wildman–Crippen LogP) is 4.58. The van der Waals surface area contributed by atoms with Gasteiger partial charge in [0.1, 0.15) is 0 Å². The summed E-state index contributed by atoms with van der Waals surface area (Å²) < 4.78 is 0. The van der Waals surface area contributed by atoms with Gasteiger partial charge in [-0.1, -0.05) is 60.7 Å². The number of carbonyl (C=O) groups is 1. The van der Waals surface area contributed by atoms with Gasteiger partial charge in [-0.3, -0.25) is 4.79 Å². The van der Waals surface area contributed by atoms with Crippen molar-refractivity contribution < 1.29 is 4.79 Å². The molecule has 0 saturated carbocycles. The van der Waals surface area contributed by atoms with Gasteiger partial charge < -0.3 is 5.32 Å². The Morgan fingerprint density at radius 3 is 2.36 bits per heavy atom. The molecule has 110 valence electrons. The molecule has 0 fully saturated rings. The first-order chi connectivity index (χ1) is 10.8. The summed E-state index contributed by atoms with van der Waals surface area (Å²) in [5, 5.41) is 5.08. The van der Waals surface area contributed by atoms with Crippen LogP contribution in [0, 0.1) is 6.92 Å². The number of aryl methyl sites for hydroxylation is 1. The lowest BCUT2D eigenvalue weighted by Crippen LogP contribution is -2.29. The molecule has 3 heteroatoms. The third-order valence-corrected chi connectivity index (χ3v) is 4.52. The summed E-state index contributed by atoms with van der Waals surface area (Å²) in [4.78, 5) is 13.2. The number of amides is 1. The fraction of sp³-hybridized carbons (Fsp3) is 0.105. The zero-order valence-electron chi connectivity index (χ0n) is 12.3. The number of carbonyl (C=O) groups excluding carboxylic acids is 1. The Morgan fingerprint density at radius 2 is 1.68 bits per heavy atom. The molecule has 1 atom stereocenters. The molecule has 3 rings (SSSR count). The zero-order valence-corrected chi connectivity index (χ0v) is 13.1. The molecule has 0 saturated heterocycles. The maximum atomic E-state index is 12.5. The summed E-state index contributed by atoms with van der Waals surface area (Å²) in [5.41, 5.74) is 3.38. The number of nitrogens with one attached hydrogen (secondary N) is 1. The van der Waals surface area contributed by atoms with Crippen molar-refractivity contribution in [1.29, 1.82) is 0 Å². The Kier molecular flexibility index (Phi) is 4.35. The van der Waals surface area contributed by atoms with Gasteiger partial charge >= 0.3 is 0 Å². The van der Waals surface area contributed by atoms with Gasteiger partial charge in [-0.2, -0.15) is 0 Å². The topological polar surface area (TPSA) is 29.1 Å². The van der Waals surface area contributed by atoms with Crippen LogP contribution in [0.4, 0.5) is 0 Å². The lowest BCUT2D eigenvalue weighted by molar-refractivity contribution is 0.0947. The Bertz CT molecular complexity index is 750. The summed E-state index contributed by atoms with van der Waals surface area (Å²) in [5.74, 6) is -0.0351. The van der Waals surface area contributed by atoms with Crippen molar-refractivity contribution in [3.8, 4) is 0 Å². The van der Waals surface area contributed by atoms with Gasteiger partial charge in [0.05, 0.1) is 10.9 Å². The van der Waals surface area contributed by atoms with Crippen LogP contribution in [0.5, 0.6) is 0 Å². The molecule has 0 bridgehead atoms. The van der Waals surface area contributed by atoms with Crippen LogP contribution in [0.25, 0.3) is 0 Å². The molecule has 1 aromatic heterocycles. The molecule has 0 spiro atoms. The molecule has 22 heavy (non-hydrogen) atoms. The minimum atomic E-state index is -0.142. The Morgan fingerprint density at radius 1 is 0.955 bits per heavy atom. The highest BCUT2D eigenvalue weighted by Gasteiger charge is 2.19. The second kappa shape index (κ2) is 6.58. The minimum absolute atomic E-state index is 0.0351. The highest BCUT2D eigenvalue weighted by atomic mass is 32.1. The van der Waals surface area contributed by atoms with Crippen molar-refractivity contribution in [1.82, 2.24) is 5.32 Å². The number of thiophene rings is 1. The Labute approximate surface area is 134 Å². The van der Waals surface area contributed by atoms with E-state index in [1.165, 1.54) is 16.9 Å². The van der Waals surface area contributed by atoms with E-state index in [2.05, 4.69) is 24.4 Å². The number of rotatable bonds is 4. The second-order valence-corrected chi connectivity index (χ2v) is 6.10. The fourth-order valence-corrected chi connectivity index (χ4v) is 3.13. The van der Waals surface area contributed by atoms with Gasteiger partial charge in [0.25, 0.3) is 5.91 Å². The van der Waals surface area contributed by atoms with Crippen LogP contribution in [0.15, 0.2) is 72.1 Å². The highest BCUT2D eigenvalue weighted by Crippen LogP contribution is 2.25. The van der Waals surface area contributed by atoms with Crippen molar-refractivity contribution in [3.63, 3.8) is 0 Å². The minimum Gasteiger partial charge on any atom is -0.340 e. The van der Waals surface area contributed by atoms with Gasteiger partial charge in [-0.25, -0.2) is 0 Å². The Balaban J connectivity index is 1.97. The normalized spacial score (nSPS) is 11.9. The molecule has 3 aromatic rings. The van der Waals surface area contributed by atoms with Crippen LogP contribution in [-0.2, 0) is 0 Å². The molecule has 1 heterocycles. The molecule has 2 nitrogen and oxygen atoms in total. The third-order valence-electron chi connectivity index (χ3n) is 3.65. The van der Waals surface area contributed by atoms with Crippen molar-refractivity contribution >= 4 is 17.2 Å². The second-order valence-electron chi connectivity index (χ2n) is 5.15. The van der Waals surface area contributed by atoms with Gasteiger partial charge in [0, 0.05) is 0 Å². The smallest absolute Gasteiger partial charge is 0.262 e. The van der Waals surface area contributed by atoms with Crippen molar-refractivity contribution in [2.45, 2.75) is 13.0 Å². The summed E-state index contributed by atoms with van der Waals surface area (Å²) in [6, 6.07) is 21.8. The lowest BCUT2D eigenvalue weighted by Gasteiger charge is -2.21. The SMILES string of the molecule is Cc1ccccc1[C@H](NC(=O)c1cccs1)c1ccccc1. The van der Waals surface area contributed by atoms with E-state index < -0.39 is 0 Å². The van der Waals surface area contributed by atoms with Crippen molar-refractivity contribution in [3.05, 3.63) is 93.7 Å². The number of benzene rings is 2. The van der Waals surface area contributed by atoms with Crippen LogP contribution in [0.2, 0.25) is 0 Å². The third kappa shape index (κ3) is 3.10. The number of hydrogen-bond donors (Lipinski definition) is 1. The van der Waals surface area contributed by atoms with E-state index >= 15 is 0 Å². The summed E-state index contributed by atoms with van der Waals surface area (Å²) in [7, 11) is 0. The summed E-state index contributed by atoms with van der Waals surface area (Å²) in [6.45, 7) is 2.07. The molecule has 0 aliphatic heterocycles. The van der Waals surface area contributed by atoms with Crippen LogP contribution < -0.4 is 5.32 Å². The zero-order chi connectivity index (χ0) is 15.4. The monoisotopic (exact) mass is 307 g/mol. The average Bonchev–Trinajstić information content (AvgIpc) is 3.09. The fourth-order valence-electron chi connectivity index (χ4n) is 2.51. The van der Waals surface area contributed by atoms with E-state index in [0.717, 1.165) is 16.0 Å². The largest absolute Gasteiger partial charge is 0.340 e. The molecule has 0 unspecified atom stereocenters. The van der Waals surface area contributed by atoms with Gasteiger partial charge in [-0.15, -0.1) is 11.3 Å². The van der Waals surface area contributed by atoms with Crippen LogP contribution in [-0.4, -0.2) is 5.91 Å². The standard InChI is InChI=1S/C19H17NOS/c1-14-8-5-6-11-16(14)18(15-9-3-2-4-10-15)20-19(21)17-12-7-13-22-17/h2-13,18H,1H3,(H,20,21)/t18-/m1/s1. The van der Waals surface area contributed by atoms with Gasteiger partial charge in [0.15, 0.2) is 0 Å². The predicted molar refractivity (Wildman–Crippen MR) is 91.2 cm³/mol. The quantitative estimate of drug-likeness (QED) is 0.751. The van der Waals surface area contributed by atoms with Crippen molar-refractivity contribution in [2.24, 2.45) is 0 Å². The van der Waals surface area contributed by atoms with E-state index in [4.69, 9.17) is 0 Å². The maximum absolute atomic E-state index is 12.5. The van der Waals surface area contributed by atoms with E-state index in [-0.39, 0.29) is 11.9 Å². The number of hydrogen-bond acceptors (Lipinski definition) is 2. The van der Waals surface area contributed by atoms with Crippen LogP contribution >= 0.6 is 11.3 Å². The first-order valence-electron chi connectivity index (χ1n) is 7.20. The van der Waals surface area contributed by atoms with E-state index in [1.54, 1.807) is 0 Å². The molecular weight excluding hydrogens is 290 g/mol. The highest BCUT2D eigenvalue weighted by molar-refractivity contribution is 7.12. The first-order valence-corrected chi connectivity index (χ1v) is 8.08. The molecule has 1 amide bonds. The van der Waals surface area contributed by atoms with Crippen LogP contribution in [0.1, 0.15) is 32.4 Å². The average molecular weight is 307 g/mol. The molecule has 0 radical (unpaired) electrons. The molecule has 0 aliphatic carbocycles.